The van der Waals surface area contributed by atoms with Crippen molar-refractivity contribution in [1.82, 2.24) is 10.6 Å². The molecule has 2 amide bonds. The van der Waals surface area contributed by atoms with Crippen LogP contribution in [0, 0.1) is 0 Å². The molecule has 1 aromatic carbocycles. The maximum absolute atomic E-state index is 13.0. The van der Waals surface area contributed by atoms with E-state index in [0.717, 1.165) is 11.3 Å². The molecule has 0 unspecified atom stereocenters. The summed E-state index contributed by atoms with van der Waals surface area (Å²) < 4.78 is 9.85. The van der Waals surface area contributed by atoms with Crippen LogP contribution in [-0.4, -0.2) is 73.9 Å². The largest absolute Gasteiger partial charge is 0.466 e. The van der Waals surface area contributed by atoms with Gasteiger partial charge in [0.25, 0.3) is 0 Å². The molecule has 0 fully saturated rings. The van der Waals surface area contributed by atoms with Gasteiger partial charge in [-0.25, -0.2) is 4.79 Å². The standard InChI is InChI=1S/C23H33Cl2N3O6/c1-4-33-21(30)15-20(23(32)34-5-2)27-22(31)19(26-16(3)29)14-17-6-8-18(9-7-17)28(12-10-24)13-11-25/h6-9,19-20H,4-5,10-15H2,1-3H3,(H,26,29)(H,27,31)/t19-,20+/m0/s1. The van der Waals surface area contributed by atoms with E-state index < -0.39 is 35.8 Å². The molecule has 0 spiro atoms. The number of halogens is 2. The van der Waals surface area contributed by atoms with E-state index in [1.165, 1.54) is 6.92 Å². The number of hydrogen-bond donors (Lipinski definition) is 2. The van der Waals surface area contributed by atoms with Crippen molar-refractivity contribution in [3.05, 3.63) is 29.8 Å². The molecule has 0 aliphatic heterocycles. The minimum absolute atomic E-state index is 0.0833. The van der Waals surface area contributed by atoms with Crippen LogP contribution in [0.3, 0.4) is 0 Å². The van der Waals surface area contributed by atoms with Gasteiger partial charge in [0.05, 0.1) is 19.6 Å². The highest BCUT2D eigenvalue weighted by molar-refractivity contribution is 6.18. The fourth-order valence-electron chi connectivity index (χ4n) is 3.20. The lowest BCUT2D eigenvalue weighted by Gasteiger charge is -2.24. The Balaban J connectivity index is 2.99. The van der Waals surface area contributed by atoms with Crippen LogP contribution in [0.4, 0.5) is 5.69 Å². The van der Waals surface area contributed by atoms with Crippen LogP contribution in [0.25, 0.3) is 0 Å². The zero-order chi connectivity index (χ0) is 25.5. The predicted molar refractivity (Wildman–Crippen MR) is 131 cm³/mol. The van der Waals surface area contributed by atoms with Gasteiger partial charge in [-0.3, -0.25) is 14.4 Å². The Hall–Kier alpha value is -2.52. The second-order valence-corrected chi connectivity index (χ2v) is 8.07. The number of esters is 2. The summed E-state index contributed by atoms with van der Waals surface area (Å²) in [5.74, 6) is -1.52. The predicted octanol–water partition coefficient (Wildman–Crippen LogP) is 2.02. The van der Waals surface area contributed by atoms with E-state index in [-0.39, 0.29) is 26.1 Å². The monoisotopic (exact) mass is 517 g/mol. The van der Waals surface area contributed by atoms with Crippen LogP contribution in [0.2, 0.25) is 0 Å². The number of rotatable bonds is 15. The maximum Gasteiger partial charge on any atom is 0.329 e. The van der Waals surface area contributed by atoms with Gasteiger partial charge in [0, 0.05) is 43.9 Å². The molecule has 2 N–H and O–H groups in total. The number of anilines is 1. The summed E-state index contributed by atoms with van der Waals surface area (Å²) in [6.07, 6.45) is -0.206. The van der Waals surface area contributed by atoms with E-state index in [1.54, 1.807) is 13.8 Å². The van der Waals surface area contributed by atoms with Crippen LogP contribution in [0.15, 0.2) is 24.3 Å². The van der Waals surface area contributed by atoms with E-state index in [0.29, 0.717) is 24.8 Å². The number of nitrogens with one attached hydrogen (secondary N) is 2. The maximum atomic E-state index is 13.0. The molecular weight excluding hydrogens is 485 g/mol. The normalized spacial score (nSPS) is 12.3. The van der Waals surface area contributed by atoms with E-state index in [4.69, 9.17) is 32.7 Å². The Morgan fingerprint density at radius 1 is 0.912 bits per heavy atom. The number of amides is 2. The molecule has 0 aliphatic carbocycles. The Kier molecular flexibility index (Phi) is 14.0. The van der Waals surface area contributed by atoms with E-state index in [9.17, 15) is 19.2 Å². The first-order valence-electron chi connectivity index (χ1n) is 11.1. The van der Waals surface area contributed by atoms with E-state index in [1.807, 2.05) is 29.2 Å². The highest BCUT2D eigenvalue weighted by Crippen LogP contribution is 2.17. The van der Waals surface area contributed by atoms with Crippen molar-refractivity contribution in [1.29, 1.82) is 0 Å². The second kappa shape index (κ2) is 16.2. The van der Waals surface area contributed by atoms with Gasteiger partial charge in [-0.1, -0.05) is 12.1 Å². The summed E-state index contributed by atoms with van der Waals surface area (Å²) >= 11 is 11.7. The highest BCUT2D eigenvalue weighted by Gasteiger charge is 2.29. The van der Waals surface area contributed by atoms with Gasteiger partial charge in [0.2, 0.25) is 11.8 Å². The van der Waals surface area contributed by atoms with Crippen LogP contribution in [0.5, 0.6) is 0 Å². The number of ether oxygens (including phenoxy) is 2. The average Bonchev–Trinajstić information content (AvgIpc) is 2.78. The van der Waals surface area contributed by atoms with E-state index in [2.05, 4.69) is 10.6 Å². The summed E-state index contributed by atoms with van der Waals surface area (Å²) in [7, 11) is 0. The Bertz CT molecular complexity index is 800. The quantitative estimate of drug-likeness (QED) is 0.270. The number of hydrogen-bond acceptors (Lipinski definition) is 7. The van der Waals surface area contributed by atoms with Crippen molar-refractivity contribution in [2.45, 2.75) is 45.7 Å². The first-order chi connectivity index (χ1) is 16.2. The van der Waals surface area contributed by atoms with Gasteiger partial charge < -0.3 is 25.0 Å². The van der Waals surface area contributed by atoms with Gasteiger partial charge >= 0.3 is 11.9 Å². The fraction of sp³-hybridized carbons (Fsp3) is 0.565. The number of carbonyl (C=O) groups is 4. The molecule has 0 aliphatic rings. The van der Waals surface area contributed by atoms with Gasteiger partial charge in [-0.2, -0.15) is 0 Å². The number of alkyl halides is 2. The number of carbonyl (C=O) groups excluding carboxylic acids is 4. The molecule has 2 atom stereocenters. The molecule has 0 bridgehead atoms. The molecule has 0 saturated carbocycles. The second-order valence-electron chi connectivity index (χ2n) is 7.31. The summed E-state index contributed by atoms with van der Waals surface area (Å²) in [5, 5.41) is 5.11. The van der Waals surface area contributed by atoms with E-state index >= 15 is 0 Å². The van der Waals surface area contributed by atoms with Crippen LogP contribution in [-0.2, 0) is 35.1 Å². The molecule has 190 valence electrons. The summed E-state index contributed by atoms with van der Waals surface area (Å²) in [6, 6.07) is 5.26. The Labute approximate surface area is 210 Å². The van der Waals surface area contributed by atoms with Crippen molar-refractivity contribution in [2.75, 3.05) is 43.0 Å². The molecule has 0 radical (unpaired) electrons. The minimum atomic E-state index is -1.23. The molecule has 9 nitrogen and oxygen atoms in total. The zero-order valence-electron chi connectivity index (χ0n) is 19.8. The lowest BCUT2D eigenvalue weighted by Crippen LogP contribution is -2.53. The van der Waals surface area contributed by atoms with Gasteiger partial charge in [0.1, 0.15) is 12.1 Å². The molecule has 0 saturated heterocycles. The van der Waals surface area contributed by atoms with Gasteiger partial charge in [-0.05, 0) is 31.5 Å². The summed E-state index contributed by atoms with van der Waals surface area (Å²) in [5.41, 5.74) is 1.72. The average molecular weight is 518 g/mol. The Morgan fingerprint density at radius 2 is 1.50 bits per heavy atom. The molecule has 0 aromatic heterocycles. The highest BCUT2D eigenvalue weighted by atomic mass is 35.5. The molecule has 1 rings (SSSR count). The van der Waals surface area contributed by atoms with Crippen molar-refractivity contribution in [3.8, 4) is 0 Å². The van der Waals surface area contributed by atoms with Crippen molar-refractivity contribution in [3.63, 3.8) is 0 Å². The zero-order valence-corrected chi connectivity index (χ0v) is 21.3. The first-order valence-corrected chi connectivity index (χ1v) is 12.2. The SMILES string of the molecule is CCOC(=O)C[C@@H](NC(=O)[C@H](Cc1ccc(N(CCCl)CCCl)cc1)NC(C)=O)C(=O)OCC. The summed E-state index contributed by atoms with van der Waals surface area (Å²) in [4.78, 5) is 50.9. The minimum Gasteiger partial charge on any atom is -0.466 e. The number of benzene rings is 1. The molecule has 34 heavy (non-hydrogen) atoms. The van der Waals surface area contributed by atoms with Crippen LogP contribution in [0.1, 0.15) is 32.8 Å². The van der Waals surface area contributed by atoms with Crippen LogP contribution < -0.4 is 15.5 Å². The first kappa shape index (κ1) is 29.5. The third-order valence-electron chi connectivity index (χ3n) is 4.71. The summed E-state index contributed by atoms with van der Waals surface area (Å²) in [6.45, 7) is 6.05. The van der Waals surface area contributed by atoms with Gasteiger partial charge in [0.15, 0.2) is 0 Å². The lowest BCUT2D eigenvalue weighted by atomic mass is 10.0. The molecule has 11 heteroatoms. The molecular formula is C23H33Cl2N3O6. The third kappa shape index (κ3) is 10.6. The topological polar surface area (TPSA) is 114 Å². The van der Waals surface area contributed by atoms with Crippen molar-refractivity contribution in [2.24, 2.45) is 0 Å². The number of nitrogens with zero attached hydrogens (tertiary/aromatic N) is 1. The smallest absolute Gasteiger partial charge is 0.329 e. The molecule has 1 aromatic rings. The fourth-order valence-corrected chi connectivity index (χ4v) is 3.61. The van der Waals surface area contributed by atoms with Crippen molar-refractivity contribution < 1.29 is 28.7 Å². The van der Waals surface area contributed by atoms with Crippen molar-refractivity contribution >= 4 is 52.6 Å². The third-order valence-corrected chi connectivity index (χ3v) is 5.05. The molecule has 0 heterocycles. The van der Waals surface area contributed by atoms with Crippen LogP contribution >= 0.6 is 23.2 Å². The van der Waals surface area contributed by atoms with Gasteiger partial charge in [-0.15, -0.1) is 23.2 Å². The lowest BCUT2D eigenvalue weighted by molar-refractivity contribution is -0.153. The Morgan fingerprint density at radius 3 is 2.00 bits per heavy atom.